The van der Waals surface area contributed by atoms with Gasteiger partial charge in [-0.05, 0) is 52.2 Å². The first-order valence-corrected chi connectivity index (χ1v) is 7.86. The van der Waals surface area contributed by atoms with Gasteiger partial charge in [-0.25, -0.2) is 0 Å². The van der Waals surface area contributed by atoms with Gasteiger partial charge in [-0.1, -0.05) is 6.92 Å². The van der Waals surface area contributed by atoms with Crippen LogP contribution in [0.2, 0.25) is 0 Å². The largest absolute Gasteiger partial charge is 0.344 e. The van der Waals surface area contributed by atoms with Crippen molar-refractivity contribution < 1.29 is 4.79 Å². The zero-order chi connectivity index (χ0) is 13.8. The average Bonchev–Trinajstić information content (AvgIpc) is 2.85. The number of amides is 1. The Morgan fingerprint density at radius 2 is 2.10 bits per heavy atom. The Morgan fingerprint density at radius 3 is 2.75 bits per heavy atom. The van der Waals surface area contributed by atoms with Crippen molar-refractivity contribution in [2.45, 2.75) is 51.6 Å². The van der Waals surface area contributed by atoms with Crippen LogP contribution in [-0.4, -0.2) is 61.0 Å². The zero-order valence-electron chi connectivity index (χ0n) is 13.1. The second-order valence-corrected chi connectivity index (χ2v) is 6.13. The molecule has 0 radical (unpaired) electrons. The molecule has 2 rings (SSSR count). The number of piperidine rings is 1. The summed E-state index contributed by atoms with van der Waals surface area (Å²) in [5.41, 5.74) is 0. The van der Waals surface area contributed by atoms with Crippen LogP contribution in [0, 0.1) is 5.92 Å². The summed E-state index contributed by atoms with van der Waals surface area (Å²) in [5.74, 6) is 0.512. The van der Waals surface area contributed by atoms with Crippen molar-refractivity contribution in [3.8, 4) is 0 Å². The standard InChI is InChI=1S/C15H29N3O.ClH/c1-4-18-10-6-7-13(18)11-17(3)15(19)14-8-5-9-16-12(14)2;/h12-14,16H,4-11H2,1-3H3;1H. The van der Waals surface area contributed by atoms with E-state index in [-0.39, 0.29) is 18.3 Å². The molecule has 1 N–H and O–H groups in total. The van der Waals surface area contributed by atoms with Gasteiger partial charge < -0.3 is 10.2 Å². The molecule has 20 heavy (non-hydrogen) atoms. The Labute approximate surface area is 129 Å². The number of nitrogens with one attached hydrogen (secondary N) is 1. The first kappa shape index (κ1) is 17.7. The molecule has 3 atom stereocenters. The number of hydrogen-bond donors (Lipinski definition) is 1. The third kappa shape index (κ3) is 4.09. The van der Waals surface area contributed by atoms with Crippen molar-refractivity contribution in [2.75, 3.05) is 33.2 Å². The fourth-order valence-electron chi connectivity index (χ4n) is 3.59. The Morgan fingerprint density at radius 1 is 1.35 bits per heavy atom. The van der Waals surface area contributed by atoms with Crippen LogP contribution in [0.3, 0.4) is 0 Å². The van der Waals surface area contributed by atoms with E-state index in [4.69, 9.17) is 0 Å². The van der Waals surface area contributed by atoms with Crippen LogP contribution in [0.15, 0.2) is 0 Å². The molecule has 2 saturated heterocycles. The van der Waals surface area contributed by atoms with Crippen molar-refractivity contribution in [3.63, 3.8) is 0 Å². The second kappa shape index (κ2) is 8.20. The van der Waals surface area contributed by atoms with Crippen LogP contribution < -0.4 is 5.32 Å². The van der Waals surface area contributed by atoms with Crippen molar-refractivity contribution in [1.29, 1.82) is 0 Å². The van der Waals surface area contributed by atoms with Crippen LogP contribution in [0.25, 0.3) is 0 Å². The molecule has 0 bridgehead atoms. The Hall–Kier alpha value is -0.320. The minimum atomic E-state index is 0. The number of rotatable bonds is 4. The molecule has 118 valence electrons. The maximum atomic E-state index is 12.6. The number of carbonyl (C=O) groups is 1. The molecule has 2 fully saturated rings. The van der Waals surface area contributed by atoms with E-state index in [2.05, 4.69) is 24.1 Å². The molecule has 4 nitrogen and oxygen atoms in total. The molecule has 0 spiro atoms. The summed E-state index contributed by atoms with van der Waals surface area (Å²) >= 11 is 0. The van der Waals surface area contributed by atoms with E-state index in [1.807, 2.05) is 11.9 Å². The van der Waals surface area contributed by atoms with Crippen LogP contribution in [0.1, 0.15) is 39.5 Å². The van der Waals surface area contributed by atoms with E-state index in [0.717, 1.165) is 32.5 Å². The molecule has 2 aliphatic rings. The van der Waals surface area contributed by atoms with Gasteiger partial charge in [0.15, 0.2) is 0 Å². The topological polar surface area (TPSA) is 35.6 Å². The number of carbonyl (C=O) groups excluding carboxylic acids is 1. The summed E-state index contributed by atoms with van der Waals surface area (Å²) in [7, 11) is 1.98. The summed E-state index contributed by atoms with van der Waals surface area (Å²) in [5, 5.41) is 3.42. The third-order valence-electron chi connectivity index (χ3n) is 4.85. The normalized spacial score (nSPS) is 30.9. The fourth-order valence-corrected chi connectivity index (χ4v) is 3.59. The number of hydrogen-bond acceptors (Lipinski definition) is 3. The molecule has 0 aromatic rings. The number of nitrogens with zero attached hydrogens (tertiary/aromatic N) is 2. The zero-order valence-corrected chi connectivity index (χ0v) is 13.9. The second-order valence-electron chi connectivity index (χ2n) is 6.13. The minimum Gasteiger partial charge on any atom is -0.344 e. The summed E-state index contributed by atoms with van der Waals surface area (Å²) in [6.45, 7) is 8.62. The molecular weight excluding hydrogens is 274 g/mol. The molecular formula is C15H30ClN3O. The lowest BCUT2D eigenvalue weighted by molar-refractivity contribution is -0.136. The van der Waals surface area contributed by atoms with Gasteiger partial charge in [0.05, 0.1) is 5.92 Å². The van der Waals surface area contributed by atoms with Crippen molar-refractivity contribution >= 4 is 18.3 Å². The summed E-state index contributed by atoms with van der Waals surface area (Å²) in [4.78, 5) is 17.0. The fraction of sp³-hybridized carbons (Fsp3) is 0.933. The summed E-state index contributed by atoms with van der Waals surface area (Å²) in [6.07, 6.45) is 4.68. The van der Waals surface area contributed by atoms with Crippen molar-refractivity contribution in [2.24, 2.45) is 5.92 Å². The Bertz CT molecular complexity index is 313. The molecule has 0 aromatic carbocycles. The van der Waals surface area contributed by atoms with Gasteiger partial charge >= 0.3 is 0 Å². The van der Waals surface area contributed by atoms with Crippen molar-refractivity contribution in [1.82, 2.24) is 15.1 Å². The minimum absolute atomic E-state index is 0. The lowest BCUT2D eigenvalue weighted by Gasteiger charge is -2.34. The van der Waals surface area contributed by atoms with E-state index >= 15 is 0 Å². The van der Waals surface area contributed by atoms with Crippen LogP contribution in [0.5, 0.6) is 0 Å². The number of likely N-dealkylation sites (tertiary alicyclic amines) is 1. The van der Waals surface area contributed by atoms with E-state index in [1.165, 1.54) is 19.4 Å². The molecule has 2 aliphatic heterocycles. The first-order valence-electron chi connectivity index (χ1n) is 7.86. The van der Waals surface area contributed by atoms with Gasteiger partial charge in [0, 0.05) is 25.7 Å². The lowest BCUT2D eigenvalue weighted by Crippen LogP contribution is -2.49. The predicted molar refractivity (Wildman–Crippen MR) is 85.3 cm³/mol. The maximum absolute atomic E-state index is 12.6. The Kier molecular flexibility index (Phi) is 7.27. The highest BCUT2D eigenvalue weighted by Gasteiger charge is 2.32. The SMILES string of the molecule is CCN1CCCC1CN(C)C(=O)C1CCCNC1C.Cl. The quantitative estimate of drug-likeness (QED) is 0.859. The van der Waals surface area contributed by atoms with Gasteiger partial charge in [0.2, 0.25) is 5.91 Å². The van der Waals surface area contributed by atoms with E-state index in [1.54, 1.807) is 0 Å². The number of likely N-dealkylation sites (N-methyl/N-ethyl adjacent to an activating group) is 2. The van der Waals surface area contributed by atoms with Gasteiger partial charge in [0.25, 0.3) is 0 Å². The first-order chi connectivity index (χ1) is 9.13. The Balaban J connectivity index is 0.00000200. The van der Waals surface area contributed by atoms with Crippen LogP contribution in [-0.2, 0) is 4.79 Å². The molecule has 3 unspecified atom stereocenters. The van der Waals surface area contributed by atoms with Gasteiger partial charge in [0.1, 0.15) is 0 Å². The summed E-state index contributed by atoms with van der Waals surface area (Å²) in [6, 6.07) is 0.903. The smallest absolute Gasteiger partial charge is 0.227 e. The monoisotopic (exact) mass is 303 g/mol. The van der Waals surface area contributed by atoms with Gasteiger partial charge in [-0.2, -0.15) is 0 Å². The highest BCUT2D eigenvalue weighted by molar-refractivity contribution is 5.85. The predicted octanol–water partition coefficient (Wildman–Crippen LogP) is 1.74. The highest BCUT2D eigenvalue weighted by atomic mass is 35.5. The lowest BCUT2D eigenvalue weighted by atomic mass is 9.90. The molecule has 0 aliphatic carbocycles. The maximum Gasteiger partial charge on any atom is 0.227 e. The average molecular weight is 304 g/mol. The summed E-state index contributed by atoms with van der Waals surface area (Å²) < 4.78 is 0. The van der Waals surface area contributed by atoms with Gasteiger partial charge in [-0.15, -0.1) is 12.4 Å². The molecule has 0 saturated carbocycles. The molecule has 5 heteroatoms. The van der Waals surface area contributed by atoms with Crippen molar-refractivity contribution in [3.05, 3.63) is 0 Å². The highest BCUT2D eigenvalue weighted by Crippen LogP contribution is 2.21. The third-order valence-corrected chi connectivity index (χ3v) is 4.85. The van der Waals surface area contributed by atoms with E-state index in [0.29, 0.717) is 18.0 Å². The van der Waals surface area contributed by atoms with E-state index < -0.39 is 0 Å². The van der Waals surface area contributed by atoms with Gasteiger partial charge in [-0.3, -0.25) is 9.69 Å². The molecule has 2 heterocycles. The van der Waals surface area contributed by atoms with Crippen LogP contribution >= 0.6 is 12.4 Å². The molecule has 1 amide bonds. The van der Waals surface area contributed by atoms with E-state index in [9.17, 15) is 4.79 Å². The van der Waals surface area contributed by atoms with Crippen LogP contribution in [0.4, 0.5) is 0 Å². The number of halogens is 1. The molecule has 0 aromatic heterocycles.